The number of piperidine rings is 1. The van der Waals surface area contributed by atoms with Gasteiger partial charge in [-0.2, -0.15) is 0 Å². The third-order valence-electron chi connectivity index (χ3n) is 3.34. The van der Waals surface area contributed by atoms with Gasteiger partial charge < -0.3 is 4.90 Å². The molecule has 0 aromatic heterocycles. The molecule has 0 N–H and O–H groups in total. The van der Waals surface area contributed by atoms with Crippen molar-refractivity contribution in [1.82, 2.24) is 4.90 Å². The summed E-state index contributed by atoms with van der Waals surface area (Å²) in [7, 11) is 0. The van der Waals surface area contributed by atoms with Crippen LogP contribution in [0.3, 0.4) is 0 Å². The van der Waals surface area contributed by atoms with E-state index in [1.165, 1.54) is 19.3 Å². The molecule has 0 aliphatic carbocycles. The molecule has 1 fully saturated rings. The van der Waals surface area contributed by atoms with Crippen molar-refractivity contribution in [2.24, 2.45) is 5.92 Å². The Morgan fingerprint density at radius 2 is 2.21 bits per heavy atom. The Hall–Kier alpha value is -0.530. The average molecular weight is 197 g/mol. The lowest BCUT2D eigenvalue weighted by Crippen LogP contribution is -2.42. The van der Waals surface area contributed by atoms with Gasteiger partial charge in [0.1, 0.15) is 0 Å². The lowest BCUT2D eigenvalue weighted by Gasteiger charge is -2.34. The highest BCUT2D eigenvalue weighted by Crippen LogP contribution is 2.19. The molecule has 1 heterocycles. The van der Waals surface area contributed by atoms with Crippen LogP contribution in [0.2, 0.25) is 0 Å². The van der Waals surface area contributed by atoms with Gasteiger partial charge in [-0.3, -0.25) is 4.79 Å². The lowest BCUT2D eigenvalue weighted by molar-refractivity contribution is -0.135. The highest BCUT2D eigenvalue weighted by molar-refractivity contribution is 5.76. The number of rotatable bonds is 3. The van der Waals surface area contributed by atoms with Crippen LogP contribution in [-0.4, -0.2) is 23.4 Å². The summed E-state index contributed by atoms with van der Waals surface area (Å²) in [4.78, 5) is 14.0. The van der Waals surface area contributed by atoms with Crippen molar-refractivity contribution in [3.8, 4) is 0 Å². The van der Waals surface area contributed by atoms with Crippen LogP contribution in [-0.2, 0) is 4.79 Å². The second kappa shape index (κ2) is 5.38. The number of hydrogen-bond acceptors (Lipinski definition) is 1. The maximum Gasteiger partial charge on any atom is 0.223 e. The van der Waals surface area contributed by atoms with E-state index in [4.69, 9.17) is 0 Å². The Balaban J connectivity index is 2.42. The van der Waals surface area contributed by atoms with E-state index in [9.17, 15) is 4.79 Å². The van der Waals surface area contributed by atoms with Crippen molar-refractivity contribution in [2.75, 3.05) is 6.54 Å². The molecule has 1 aliphatic heterocycles. The minimum absolute atomic E-state index is 0.367. The molecule has 14 heavy (non-hydrogen) atoms. The number of amides is 1. The molecular weight excluding hydrogens is 174 g/mol. The molecule has 1 rings (SSSR count). The monoisotopic (exact) mass is 197 g/mol. The van der Waals surface area contributed by atoms with E-state index < -0.39 is 0 Å². The summed E-state index contributed by atoms with van der Waals surface area (Å²) in [5.41, 5.74) is 0. The van der Waals surface area contributed by atoms with Crippen LogP contribution in [0.4, 0.5) is 0 Å². The van der Waals surface area contributed by atoms with Gasteiger partial charge in [-0.25, -0.2) is 0 Å². The van der Waals surface area contributed by atoms with Gasteiger partial charge in [-0.15, -0.1) is 0 Å². The van der Waals surface area contributed by atoms with Gasteiger partial charge in [-0.05, 0) is 32.1 Å². The third kappa shape index (κ3) is 3.00. The van der Waals surface area contributed by atoms with Crippen LogP contribution in [0.5, 0.6) is 0 Å². The molecular formula is C12H23NO. The SMILES string of the molecule is CCC(C)CC(=O)N1CCCCC1C. The first kappa shape index (κ1) is 11.5. The van der Waals surface area contributed by atoms with E-state index in [1.807, 2.05) is 0 Å². The molecule has 0 aromatic rings. The van der Waals surface area contributed by atoms with Crippen LogP contribution in [0.25, 0.3) is 0 Å². The average Bonchev–Trinajstić information content (AvgIpc) is 2.18. The summed E-state index contributed by atoms with van der Waals surface area (Å²) >= 11 is 0. The number of carbonyl (C=O) groups excluding carboxylic acids is 1. The summed E-state index contributed by atoms with van der Waals surface area (Å²) in [6.07, 6.45) is 5.51. The van der Waals surface area contributed by atoms with E-state index in [0.29, 0.717) is 17.9 Å². The van der Waals surface area contributed by atoms with Crippen LogP contribution >= 0.6 is 0 Å². The van der Waals surface area contributed by atoms with Gasteiger partial charge in [0.05, 0.1) is 0 Å². The molecule has 82 valence electrons. The van der Waals surface area contributed by atoms with Crippen molar-refractivity contribution in [3.63, 3.8) is 0 Å². The van der Waals surface area contributed by atoms with Crippen LogP contribution < -0.4 is 0 Å². The first-order valence-electron chi connectivity index (χ1n) is 5.94. The Kier molecular flexibility index (Phi) is 4.43. The van der Waals surface area contributed by atoms with Crippen LogP contribution in [0, 0.1) is 5.92 Å². The standard InChI is InChI=1S/C12H23NO/c1-4-10(2)9-12(14)13-8-6-5-7-11(13)3/h10-11H,4-9H2,1-3H3. The topological polar surface area (TPSA) is 20.3 Å². The zero-order chi connectivity index (χ0) is 10.6. The fourth-order valence-electron chi connectivity index (χ4n) is 2.03. The van der Waals surface area contributed by atoms with Crippen LogP contribution in [0.1, 0.15) is 52.9 Å². The molecule has 2 atom stereocenters. The highest BCUT2D eigenvalue weighted by Gasteiger charge is 2.23. The minimum atomic E-state index is 0.367. The number of carbonyl (C=O) groups is 1. The zero-order valence-electron chi connectivity index (χ0n) is 9.75. The van der Waals surface area contributed by atoms with Crippen LogP contribution in [0.15, 0.2) is 0 Å². The largest absolute Gasteiger partial charge is 0.340 e. The quantitative estimate of drug-likeness (QED) is 0.681. The van der Waals surface area contributed by atoms with Crippen molar-refractivity contribution in [2.45, 2.75) is 58.9 Å². The first-order chi connectivity index (χ1) is 6.65. The predicted octanol–water partition coefficient (Wildman–Crippen LogP) is 2.82. The molecule has 0 saturated carbocycles. The molecule has 2 unspecified atom stereocenters. The van der Waals surface area contributed by atoms with E-state index in [0.717, 1.165) is 19.4 Å². The molecule has 0 spiro atoms. The molecule has 2 nitrogen and oxygen atoms in total. The minimum Gasteiger partial charge on any atom is -0.340 e. The summed E-state index contributed by atoms with van der Waals surface area (Å²) in [5.74, 6) is 0.906. The second-order valence-corrected chi connectivity index (χ2v) is 4.65. The molecule has 0 bridgehead atoms. The zero-order valence-corrected chi connectivity index (χ0v) is 9.75. The van der Waals surface area contributed by atoms with Crippen molar-refractivity contribution in [1.29, 1.82) is 0 Å². The summed E-state index contributed by atoms with van der Waals surface area (Å²) in [6, 6.07) is 0.473. The lowest BCUT2D eigenvalue weighted by atomic mass is 10.00. The van der Waals surface area contributed by atoms with Crippen molar-refractivity contribution >= 4 is 5.91 Å². The maximum absolute atomic E-state index is 11.9. The first-order valence-corrected chi connectivity index (χ1v) is 5.94. The van der Waals surface area contributed by atoms with Gasteiger partial charge in [0.25, 0.3) is 0 Å². The van der Waals surface area contributed by atoms with E-state index in [2.05, 4.69) is 25.7 Å². The fraction of sp³-hybridized carbons (Fsp3) is 0.917. The van der Waals surface area contributed by atoms with E-state index in [-0.39, 0.29) is 0 Å². The van der Waals surface area contributed by atoms with Gasteiger partial charge in [0.15, 0.2) is 0 Å². The van der Waals surface area contributed by atoms with E-state index in [1.54, 1.807) is 0 Å². The van der Waals surface area contributed by atoms with Gasteiger partial charge >= 0.3 is 0 Å². The van der Waals surface area contributed by atoms with E-state index >= 15 is 0 Å². The Morgan fingerprint density at radius 1 is 1.50 bits per heavy atom. The Labute approximate surface area is 87.7 Å². The number of hydrogen-bond donors (Lipinski definition) is 0. The third-order valence-corrected chi connectivity index (χ3v) is 3.34. The maximum atomic E-state index is 11.9. The Bertz CT molecular complexity index is 191. The van der Waals surface area contributed by atoms with Gasteiger partial charge in [0, 0.05) is 19.0 Å². The molecule has 0 radical (unpaired) electrons. The number of likely N-dealkylation sites (tertiary alicyclic amines) is 1. The number of nitrogens with zero attached hydrogens (tertiary/aromatic N) is 1. The van der Waals surface area contributed by atoms with Crippen molar-refractivity contribution < 1.29 is 4.79 Å². The van der Waals surface area contributed by atoms with Crippen molar-refractivity contribution in [3.05, 3.63) is 0 Å². The van der Waals surface area contributed by atoms with Gasteiger partial charge in [-0.1, -0.05) is 20.3 Å². The summed E-state index contributed by atoms with van der Waals surface area (Å²) in [5, 5.41) is 0. The molecule has 1 amide bonds. The predicted molar refractivity (Wildman–Crippen MR) is 59.1 cm³/mol. The molecule has 1 aliphatic rings. The normalized spacial score (nSPS) is 24.8. The molecule has 0 aromatic carbocycles. The Morgan fingerprint density at radius 3 is 2.79 bits per heavy atom. The summed E-state index contributed by atoms with van der Waals surface area (Å²) < 4.78 is 0. The second-order valence-electron chi connectivity index (χ2n) is 4.65. The smallest absolute Gasteiger partial charge is 0.223 e. The highest BCUT2D eigenvalue weighted by atomic mass is 16.2. The molecule has 2 heteroatoms. The fourth-order valence-corrected chi connectivity index (χ4v) is 2.03. The molecule has 1 saturated heterocycles. The summed E-state index contributed by atoms with van der Waals surface area (Å²) in [6.45, 7) is 7.47. The van der Waals surface area contributed by atoms with Gasteiger partial charge in [0.2, 0.25) is 5.91 Å².